The molecule has 30 heavy (non-hydrogen) atoms. The molecule has 0 atom stereocenters. The number of hydrogen-bond acceptors (Lipinski definition) is 5. The van der Waals surface area contributed by atoms with Crippen molar-refractivity contribution in [1.29, 1.82) is 0 Å². The molecule has 3 aromatic rings. The van der Waals surface area contributed by atoms with E-state index in [1.165, 1.54) is 17.8 Å². The first-order valence-corrected chi connectivity index (χ1v) is 9.91. The minimum Gasteiger partial charge on any atom is -0.467 e. The third-order valence-electron chi connectivity index (χ3n) is 5.03. The van der Waals surface area contributed by atoms with Crippen molar-refractivity contribution < 1.29 is 13.9 Å². The molecule has 6 nitrogen and oxygen atoms in total. The van der Waals surface area contributed by atoms with Crippen LogP contribution in [0.3, 0.4) is 0 Å². The van der Waals surface area contributed by atoms with Gasteiger partial charge in [0.2, 0.25) is 5.88 Å². The van der Waals surface area contributed by atoms with E-state index in [0.717, 1.165) is 13.1 Å². The van der Waals surface area contributed by atoms with Gasteiger partial charge >= 0.3 is 0 Å². The van der Waals surface area contributed by atoms with Crippen LogP contribution in [0.15, 0.2) is 60.7 Å². The fraction of sp³-hybridized carbons (Fsp3) is 0.261. The number of nitrogens with zero attached hydrogens (tertiary/aromatic N) is 4. The number of benzene rings is 2. The molecular weight excluding hydrogens is 383 g/mol. The van der Waals surface area contributed by atoms with Gasteiger partial charge in [0.05, 0.1) is 0 Å². The van der Waals surface area contributed by atoms with E-state index in [2.05, 4.69) is 27.0 Å². The molecule has 1 aromatic heterocycles. The van der Waals surface area contributed by atoms with Crippen molar-refractivity contribution in [3.8, 4) is 17.3 Å². The first-order valence-electron chi connectivity index (χ1n) is 9.91. The number of carbonyl (C=O) groups excluding carboxylic acids is 1. The molecule has 1 fully saturated rings. The van der Waals surface area contributed by atoms with Crippen molar-refractivity contribution in [2.75, 3.05) is 37.7 Å². The highest BCUT2D eigenvalue weighted by Gasteiger charge is 2.21. The Morgan fingerprint density at radius 3 is 2.40 bits per heavy atom. The van der Waals surface area contributed by atoms with Crippen molar-refractivity contribution in [2.45, 2.75) is 6.92 Å². The number of aryl methyl sites for hydroxylation is 1. The van der Waals surface area contributed by atoms with Gasteiger partial charge in [-0.25, -0.2) is 9.37 Å². The van der Waals surface area contributed by atoms with Crippen molar-refractivity contribution in [3.05, 3.63) is 72.2 Å². The molecule has 154 valence electrons. The van der Waals surface area contributed by atoms with Gasteiger partial charge in [-0.15, -0.1) is 0 Å². The zero-order valence-corrected chi connectivity index (χ0v) is 16.8. The number of ether oxygens (including phenoxy) is 1. The lowest BCUT2D eigenvalue weighted by Gasteiger charge is -2.36. The van der Waals surface area contributed by atoms with Crippen LogP contribution in [-0.4, -0.2) is 53.6 Å². The van der Waals surface area contributed by atoms with Gasteiger partial charge in [0.25, 0.3) is 5.91 Å². The van der Waals surface area contributed by atoms with E-state index in [-0.39, 0.29) is 18.3 Å². The number of carbonyl (C=O) groups is 1. The zero-order valence-electron chi connectivity index (χ0n) is 16.8. The van der Waals surface area contributed by atoms with Crippen molar-refractivity contribution in [3.63, 3.8) is 0 Å². The van der Waals surface area contributed by atoms with Crippen LogP contribution in [0, 0.1) is 12.7 Å². The standard InChI is InChI=1S/C23H23FN4O2/c1-17-15-21(26-23(25-17)18-7-9-19(24)10-8-18)30-16-22(29)28-13-11-27(12-14-28)20-5-3-2-4-6-20/h2-10,15H,11-14,16H2,1H3. The number of para-hydroxylation sites is 1. The zero-order chi connectivity index (χ0) is 20.9. The van der Waals surface area contributed by atoms with Crippen LogP contribution in [0.4, 0.5) is 10.1 Å². The maximum Gasteiger partial charge on any atom is 0.260 e. The second-order valence-corrected chi connectivity index (χ2v) is 7.17. The maximum absolute atomic E-state index is 13.2. The third kappa shape index (κ3) is 4.74. The molecule has 0 radical (unpaired) electrons. The fourth-order valence-corrected chi connectivity index (χ4v) is 3.42. The normalized spacial score (nSPS) is 13.9. The predicted molar refractivity (Wildman–Crippen MR) is 113 cm³/mol. The minimum absolute atomic E-state index is 0.0673. The van der Waals surface area contributed by atoms with Gasteiger partial charge in [0.1, 0.15) is 5.82 Å². The largest absolute Gasteiger partial charge is 0.467 e. The van der Waals surface area contributed by atoms with E-state index in [4.69, 9.17) is 4.74 Å². The highest BCUT2D eigenvalue weighted by molar-refractivity contribution is 5.78. The van der Waals surface area contributed by atoms with E-state index in [1.54, 1.807) is 18.2 Å². The highest BCUT2D eigenvalue weighted by Crippen LogP contribution is 2.20. The third-order valence-corrected chi connectivity index (χ3v) is 5.03. The van der Waals surface area contributed by atoms with Gasteiger partial charge in [-0.05, 0) is 43.3 Å². The van der Waals surface area contributed by atoms with Gasteiger partial charge in [0.15, 0.2) is 12.4 Å². The lowest BCUT2D eigenvalue weighted by Crippen LogP contribution is -2.50. The Morgan fingerprint density at radius 1 is 1.00 bits per heavy atom. The summed E-state index contributed by atoms with van der Waals surface area (Å²) in [6.45, 7) is 4.63. The molecule has 0 unspecified atom stereocenters. The highest BCUT2D eigenvalue weighted by atomic mass is 19.1. The summed E-state index contributed by atoms with van der Waals surface area (Å²) in [5.74, 6) is 0.384. The molecule has 1 saturated heterocycles. The van der Waals surface area contributed by atoms with Gasteiger partial charge < -0.3 is 14.5 Å². The van der Waals surface area contributed by atoms with E-state index in [1.807, 2.05) is 30.0 Å². The Balaban J connectivity index is 1.34. The lowest BCUT2D eigenvalue weighted by atomic mass is 10.2. The number of aromatic nitrogens is 2. The van der Waals surface area contributed by atoms with Gasteiger partial charge in [-0.2, -0.15) is 4.98 Å². The molecule has 0 spiro atoms. The smallest absolute Gasteiger partial charge is 0.260 e. The predicted octanol–water partition coefficient (Wildman–Crippen LogP) is 3.32. The molecule has 0 aliphatic carbocycles. The van der Waals surface area contributed by atoms with E-state index in [9.17, 15) is 9.18 Å². The summed E-state index contributed by atoms with van der Waals surface area (Å²) in [6, 6.07) is 17.8. The molecule has 4 rings (SSSR count). The fourth-order valence-electron chi connectivity index (χ4n) is 3.42. The lowest BCUT2D eigenvalue weighted by molar-refractivity contribution is -0.133. The molecule has 1 aliphatic heterocycles. The summed E-state index contributed by atoms with van der Waals surface area (Å²) in [7, 11) is 0. The summed E-state index contributed by atoms with van der Waals surface area (Å²) in [5.41, 5.74) is 2.57. The molecule has 7 heteroatoms. The summed E-state index contributed by atoms with van der Waals surface area (Å²) in [4.78, 5) is 25.4. The monoisotopic (exact) mass is 406 g/mol. The first-order chi connectivity index (χ1) is 14.6. The Bertz CT molecular complexity index is 1000. The van der Waals surface area contributed by atoms with Crippen LogP contribution in [0.2, 0.25) is 0 Å². The van der Waals surface area contributed by atoms with E-state index in [0.29, 0.717) is 36.1 Å². The molecular formula is C23H23FN4O2. The van der Waals surface area contributed by atoms with Crippen molar-refractivity contribution >= 4 is 11.6 Å². The number of hydrogen-bond donors (Lipinski definition) is 0. The van der Waals surface area contributed by atoms with Crippen LogP contribution < -0.4 is 9.64 Å². The van der Waals surface area contributed by atoms with E-state index >= 15 is 0 Å². The topological polar surface area (TPSA) is 58.6 Å². The molecule has 0 bridgehead atoms. The van der Waals surface area contributed by atoms with Crippen LogP contribution >= 0.6 is 0 Å². The number of rotatable bonds is 5. The van der Waals surface area contributed by atoms with Gasteiger partial charge in [-0.1, -0.05) is 18.2 Å². The number of piperazine rings is 1. The van der Waals surface area contributed by atoms with Gasteiger partial charge in [0, 0.05) is 49.2 Å². The van der Waals surface area contributed by atoms with Gasteiger partial charge in [-0.3, -0.25) is 4.79 Å². The van der Waals surface area contributed by atoms with E-state index < -0.39 is 0 Å². The second-order valence-electron chi connectivity index (χ2n) is 7.17. The first kappa shape index (κ1) is 19.8. The summed E-state index contributed by atoms with van der Waals surface area (Å²) < 4.78 is 18.8. The number of anilines is 1. The summed E-state index contributed by atoms with van der Waals surface area (Å²) in [5, 5.41) is 0. The Labute approximate surface area is 174 Å². The van der Waals surface area contributed by atoms with Crippen LogP contribution in [-0.2, 0) is 4.79 Å². The number of amides is 1. The molecule has 1 aliphatic rings. The van der Waals surface area contributed by atoms with Crippen LogP contribution in [0.25, 0.3) is 11.4 Å². The molecule has 2 heterocycles. The quantitative estimate of drug-likeness (QED) is 0.651. The Hall–Kier alpha value is -3.48. The second kappa shape index (κ2) is 8.90. The summed E-state index contributed by atoms with van der Waals surface area (Å²) in [6.07, 6.45) is 0. The average Bonchev–Trinajstić information content (AvgIpc) is 2.78. The van der Waals surface area contributed by atoms with Crippen molar-refractivity contribution in [1.82, 2.24) is 14.9 Å². The van der Waals surface area contributed by atoms with Crippen LogP contribution in [0.1, 0.15) is 5.69 Å². The van der Waals surface area contributed by atoms with Crippen LogP contribution in [0.5, 0.6) is 5.88 Å². The maximum atomic E-state index is 13.2. The molecule has 0 saturated carbocycles. The van der Waals surface area contributed by atoms with Crippen molar-refractivity contribution in [2.24, 2.45) is 0 Å². The molecule has 0 N–H and O–H groups in total. The molecule has 1 amide bonds. The summed E-state index contributed by atoms with van der Waals surface area (Å²) >= 11 is 0. The SMILES string of the molecule is Cc1cc(OCC(=O)N2CCN(c3ccccc3)CC2)nc(-c2ccc(F)cc2)n1. The minimum atomic E-state index is -0.319. The Morgan fingerprint density at radius 2 is 1.70 bits per heavy atom. The molecule has 2 aromatic carbocycles. The number of halogens is 1. The average molecular weight is 406 g/mol. The Kier molecular flexibility index (Phi) is 5.88.